The molecule has 0 radical (unpaired) electrons. The lowest BCUT2D eigenvalue weighted by Gasteiger charge is -2.19. The van der Waals surface area contributed by atoms with Crippen molar-refractivity contribution in [2.24, 2.45) is 0 Å². The van der Waals surface area contributed by atoms with Crippen molar-refractivity contribution in [3.8, 4) is 6.07 Å². The predicted octanol–water partition coefficient (Wildman–Crippen LogP) is 4.56. The predicted molar refractivity (Wildman–Crippen MR) is 78.1 cm³/mol. The smallest absolute Gasteiger partial charge is 0.0843 e. The van der Waals surface area contributed by atoms with Crippen molar-refractivity contribution in [2.75, 3.05) is 0 Å². The first-order valence-corrected chi connectivity index (χ1v) is 7.19. The molecule has 0 atom stereocenters. The van der Waals surface area contributed by atoms with Crippen molar-refractivity contribution in [3.05, 3.63) is 36.0 Å². The molecule has 2 aromatic rings. The summed E-state index contributed by atoms with van der Waals surface area (Å²) in [6.07, 6.45) is 6.60. The van der Waals surface area contributed by atoms with Gasteiger partial charge in [-0.25, -0.2) is 0 Å². The molecule has 3 rings (SSSR count). The van der Waals surface area contributed by atoms with Gasteiger partial charge in [0.1, 0.15) is 0 Å². The number of aromatic nitrogens is 1. The van der Waals surface area contributed by atoms with Crippen LogP contribution in [0.2, 0.25) is 0 Å². The number of nitrogens with zero attached hydrogens (tertiary/aromatic N) is 2. The molecule has 0 unspecified atom stereocenters. The SMILES string of the molecule is CC(C)n1cc(C2(C#N)CCCC2)c2ccccc21. The molecule has 1 heterocycles. The Kier molecular flexibility index (Phi) is 2.86. The van der Waals surface area contributed by atoms with Gasteiger partial charge < -0.3 is 4.57 Å². The highest BCUT2D eigenvalue weighted by molar-refractivity contribution is 5.85. The zero-order chi connectivity index (χ0) is 13.5. The molecule has 0 amide bonds. The second-order valence-electron chi connectivity index (χ2n) is 5.96. The van der Waals surface area contributed by atoms with Gasteiger partial charge in [-0.3, -0.25) is 0 Å². The lowest BCUT2D eigenvalue weighted by Crippen LogP contribution is -2.18. The van der Waals surface area contributed by atoms with Crippen molar-refractivity contribution >= 4 is 10.9 Å². The molecule has 98 valence electrons. The Bertz CT molecular complexity index is 637. The minimum atomic E-state index is -0.250. The maximum absolute atomic E-state index is 9.72. The van der Waals surface area contributed by atoms with E-state index in [1.807, 2.05) is 0 Å². The molecule has 0 spiro atoms. The first-order chi connectivity index (χ1) is 9.18. The van der Waals surface area contributed by atoms with Crippen LogP contribution in [0.4, 0.5) is 0 Å². The fourth-order valence-electron chi connectivity index (χ4n) is 3.43. The maximum Gasteiger partial charge on any atom is 0.0843 e. The third-order valence-corrected chi connectivity index (χ3v) is 4.48. The molecule has 0 aliphatic heterocycles. The van der Waals surface area contributed by atoms with Gasteiger partial charge in [0.2, 0.25) is 0 Å². The molecule has 1 aromatic heterocycles. The third-order valence-electron chi connectivity index (χ3n) is 4.48. The Morgan fingerprint density at radius 2 is 1.89 bits per heavy atom. The monoisotopic (exact) mass is 252 g/mol. The first-order valence-electron chi connectivity index (χ1n) is 7.19. The molecule has 0 saturated heterocycles. The molecule has 2 heteroatoms. The van der Waals surface area contributed by atoms with Crippen LogP contribution in [-0.2, 0) is 5.41 Å². The van der Waals surface area contributed by atoms with Gasteiger partial charge in [-0.1, -0.05) is 31.0 Å². The Morgan fingerprint density at radius 1 is 1.21 bits per heavy atom. The Hall–Kier alpha value is -1.75. The van der Waals surface area contributed by atoms with Crippen LogP contribution >= 0.6 is 0 Å². The van der Waals surface area contributed by atoms with Crippen LogP contribution in [0, 0.1) is 11.3 Å². The normalized spacial score (nSPS) is 18.0. The molecule has 1 aliphatic rings. The molecule has 19 heavy (non-hydrogen) atoms. The van der Waals surface area contributed by atoms with Gasteiger partial charge >= 0.3 is 0 Å². The zero-order valence-electron chi connectivity index (χ0n) is 11.7. The van der Waals surface area contributed by atoms with Crippen LogP contribution in [-0.4, -0.2) is 4.57 Å². The fourth-order valence-corrected chi connectivity index (χ4v) is 3.43. The van der Waals surface area contributed by atoms with Crippen LogP contribution in [0.1, 0.15) is 51.1 Å². The highest BCUT2D eigenvalue weighted by Gasteiger charge is 2.38. The maximum atomic E-state index is 9.72. The topological polar surface area (TPSA) is 28.7 Å². The van der Waals surface area contributed by atoms with E-state index in [0.29, 0.717) is 6.04 Å². The average molecular weight is 252 g/mol. The molecular formula is C17H20N2. The van der Waals surface area contributed by atoms with Crippen molar-refractivity contribution in [2.45, 2.75) is 51.0 Å². The van der Waals surface area contributed by atoms with Crippen LogP contribution in [0.15, 0.2) is 30.5 Å². The second kappa shape index (κ2) is 4.42. The van der Waals surface area contributed by atoms with E-state index in [1.54, 1.807) is 0 Å². The van der Waals surface area contributed by atoms with Gasteiger partial charge in [0, 0.05) is 23.1 Å². The summed E-state index contributed by atoms with van der Waals surface area (Å²) in [5, 5.41) is 11.0. The number of rotatable bonds is 2. The van der Waals surface area contributed by atoms with Crippen molar-refractivity contribution in [1.29, 1.82) is 5.26 Å². The Morgan fingerprint density at radius 3 is 2.53 bits per heavy atom. The Labute approximate surface area is 114 Å². The number of hydrogen-bond donors (Lipinski definition) is 0. The van der Waals surface area contributed by atoms with Crippen molar-refractivity contribution in [1.82, 2.24) is 4.57 Å². The van der Waals surface area contributed by atoms with Crippen molar-refractivity contribution < 1.29 is 0 Å². The number of hydrogen-bond acceptors (Lipinski definition) is 1. The summed E-state index contributed by atoms with van der Waals surface area (Å²) in [7, 11) is 0. The van der Waals surface area contributed by atoms with Crippen LogP contribution in [0.3, 0.4) is 0 Å². The van der Waals surface area contributed by atoms with Gasteiger partial charge in [0.15, 0.2) is 0 Å². The zero-order valence-corrected chi connectivity index (χ0v) is 11.7. The molecule has 1 aliphatic carbocycles. The summed E-state index contributed by atoms with van der Waals surface area (Å²) in [5.74, 6) is 0. The summed E-state index contributed by atoms with van der Waals surface area (Å²) in [5.41, 5.74) is 2.26. The van der Waals surface area contributed by atoms with Crippen LogP contribution in [0.25, 0.3) is 10.9 Å². The van der Waals surface area contributed by atoms with Gasteiger partial charge in [0.05, 0.1) is 11.5 Å². The quantitative estimate of drug-likeness (QED) is 0.770. The molecule has 0 N–H and O–H groups in total. The molecule has 1 aromatic carbocycles. The standard InChI is InChI=1S/C17H20N2/c1-13(2)19-11-15(14-7-3-4-8-16(14)19)17(12-18)9-5-6-10-17/h3-4,7-8,11,13H,5-6,9-10H2,1-2H3. The van der Waals surface area contributed by atoms with Gasteiger partial charge in [-0.05, 0) is 38.3 Å². The van der Waals surface area contributed by atoms with E-state index in [-0.39, 0.29) is 5.41 Å². The van der Waals surface area contributed by atoms with E-state index in [2.05, 4.69) is 54.9 Å². The average Bonchev–Trinajstić information content (AvgIpc) is 3.03. The van der Waals surface area contributed by atoms with Crippen LogP contribution < -0.4 is 0 Å². The van der Waals surface area contributed by atoms with E-state index < -0.39 is 0 Å². The summed E-state index contributed by atoms with van der Waals surface area (Å²) < 4.78 is 2.31. The minimum absolute atomic E-state index is 0.250. The second-order valence-corrected chi connectivity index (χ2v) is 5.96. The number of para-hydroxylation sites is 1. The third kappa shape index (κ3) is 1.76. The van der Waals surface area contributed by atoms with E-state index >= 15 is 0 Å². The lowest BCUT2D eigenvalue weighted by molar-refractivity contribution is 0.564. The molecule has 1 saturated carbocycles. The molecule has 2 nitrogen and oxygen atoms in total. The van der Waals surface area contributed by atoms with E-state index in [9.17, 15) is 5.26 Å². The number of nitriles is 1. The highest BCUT2D eigenvalue weighted by atomic mass is 15.0. The summed E-state index contributed by atoms with van der Waals surface area (Å²) in [6.45, 7) is 4.40. The van der Waals surface area contributed by atoms with Gasteiger partial charge in [-0.2, -0.15) is 5.26 Å². The van der Waals surface area contributed by atoms with E-state index in [0.717, 1.165) is 12.8 Å². The highest BCUT2D eigenvalue weighted by Crippen LogP contribution is 2.44. The lowest BCUT2D eigenvalue weighted by atomic mass is 9.80. The number of fused-ring (bicyclic) bond motifs is 1. The summed E-state index contributed by atoms with van der Waals surface area (Å²) >= 11 is 0. The van der Waals surface area contributed by atoms with E-state index in [4.69, 9.17) is 0 Å². The minimum Gasteiger partial charge on any atom is -0.345 e. The summed E-state index contributed by atoms with van der Waals surface area (Å²) in [4.78, 5) is 0. The number of benzene rings is 1. The summed E-state index contributed by atoms with van der Waals surface area (Å²) in [6, 6.07) is 11.5. The van der Waals surface area contributed by atoms with E-state index in [1.165, 1.54) is 29.3 Å². The largest absolute Gasteiger partial charge is 0.345 e. The molecule has 0 bridgehead atoms. The molecule has 1 fully saturated rings. The van der Waals surface area contributed by atoms with Crippen molar-refractivity contribution in [3.63, 3.8) is 0 Å². The molecular weight excluding hydrogens is 232 g/mol. The van der Waals surface area contributed by atoms with Gasteiger partial charge in [-0.15, -0.1) is 0 Å². The fraction of sp³-hybridized carbons (Fsp3) is 0.471. The van der Waals surface area contributed by atoms with Crippen LogP contribution in [0.5, 0.6) is 0 Å². The Balaban J connectivity index is 2.27. The van der Waals surface area contributed by atoms with Gasteiger partial charge in [0.25, 0.3) is 0 Å². The first kappa shape index (κ1) is 12.3.